The molecule has 0 saturated carbocycles. The number of nitrogens with zero attached hydrogens (tertiary/aromatic N) is 3. The summed E-state index contributed by atoms with van der Waals surface area (Å²) in [6, 6.07) is 8.61. The largest absolute Gasteiger partial charge is 0.298 e. The monoisotopic (exact) mass is 369 g/mol. The fourth-order valence-electron chi connectivity index (χ4n) is 2.94. The van der Waals surface area contributed by atoms with Crippen molar-refractivity contribution in [3.63, 3.8) is 0 Å². The maximum absolute atomic E-state index is 4.51. The predicted octanol–water partition coefficient (Wildman–Crippen LogP) is 5.66. The molecule has 0 aliphatic rings. The van der Waals surface area contributed by atoms with Gasteiger partial charge in [-0.05, 0) is 31.4 Å². The van der Waals surface area contributed by atoms with Gasteiger partial charge in [-0.25, -0.2) is 0 Å². The minimum Gasteiger partial charge on any atom is -0.298 e. The highest BCUT2D eigenvalue weighted by Crippen LogP contribution is 2.33. The van der Waals surface area contributed by atoms with Gasteiger partial charge in [0.15, 0.2) is 11.0 Å². The van der Waals surface area contributed by atoms with Gasteiger partial charge < -0.3 is 0 Å². The summed E-state index contributed by atoms with van der Waals surface area (Å²) >= 11 is 3.51. The van der Waals surface area contributed by atoms with E-state index in [4.69, 9.17) is 0 Å². The molecule has 2 aromatic heterocycles. The van der Waals surface area contributed by atoms with Crippen LogP contribution in [0, 0.1) is 13.8 Å². The van der Waals surface area contributed by atoms with Gasteiger partial charge in [0.1, 0.15) is 0 Å². The molecule has 3 rings (SSSR count). The third-order valence-corrected chi connectivity index (χ3v) is 6.17. The summed E-state index contributed by atoms with van der Waals surface area (Å²) in [5.41, 5.74) is 5.17. The van der Waals surface area contributed by atoms with Crippen molar-refractivity contribution >= 4 is 23.1 Å². The molecule has 0 N–H and O–H groups in total. The van der Waals surface area contributed by atoms with Gasteiger partial charge in [0.25, 0.3) is 0 Å². The molecule has 0 spiro atoms. The Bertz CT molecular complexity index is 877. The fourth-order valence-corrected chi connectivity index (χ4v) is 4.77. The molecule has 0 unspecified atom stereocenters. The van der Waals surface area contributed by atoms with Gasteiger partial charge >= 0.3 is 0 Å². The minimum atomic E-state index is 0.719. The van der Waals surface area contributed by atoms with Gasteiger partial charge in [-0.2, -0.15) is 0 Å². The lowest BCUT2D eigenvalue weighted by Crippen LogP contribution is -2.01. The van der Waals surface area contributed by atoms with Crippen LogP contribution in [0.3, 0.4) is 0 Å². The van der Waals surface area contributed by atoms with Crippen LogP contribution in [0.2, 0.25) is 0 Å². The molecule has 0 aliphatic carbocycles. The van der Waals surface area contributed by atoms with Gasteiger partial charge in [-0.15, -0.1) is 28.1 Å². The summed E-state index contributed by atoms with van der Waals surface area (Å²) in [5.74, 6) is 1.84. The Kier molecular flexibility index (Phi) is 5.76. The molecule has 3 nitrogen and oxygen atoms in total. The lowest BCUT2D eigenvalue weighted by Gasteiger charge is -2.09. The second-order valence-corrected chi connectivity index (χ2v) is 8.05. The average molecular weight is 370 g/mol. The molecule has 3 aromatic rings. The van der Waals surface area contributed by atoms with Crippen molar-refractivity contribution in [2.24, 2.45) is 0 Å². The number of thiophene rings is 1. The van der Waals surface area contributed by atoms with Crippen LogP contribution in [0.1, 0.15) is 28.5 Å². The topological polar surface area (TPSA) is 30.7 Å². The van der Waals surface area contributed by atoms with Gasteiger partial charge in [-0.1, -0.05) is 54.6 Å². The van der Waals surface area contributed by atoms with Crippen molar-refractivity contribution in [2.45, 2.75) is 44.6 Å². The Balaban J connectivity index is 1.90. The number of benzene rings is 1. The van der Waals surface area contributed by atoms with E-state index in [9.17, 15) is 0 Å². The molecular weight excluding hydrogens is 346 g/mol. The first-order valence-electron chi connectivity index (χ1n) is 8.43. The van der Waals surface area contributed by atoms with E-state index in [0.29, 0.717) is 0 Å². The number of hydrogen-bond donors (Lipinski definition) is 0. The van der Waals surface area contributed by atoms with Crippen LogP contribution in [0.25, 0.3) is 11.4 Å². The molecule has 0 radical (unpaired) electrons. The molecule has 0 aliphatic heterocycles. The third kappa shape index (κ3) is 3.88. The molecule has 25 heavy (non-hydrogen) atoms. The highest BCUT2D eigenvalue weighted by Gasteiger charge is 2.18. The average Bonchev–Trinajstić information content (AvgIpc) is 3.16. The summed E-state index contributed by atoms with van der Waals surface area (Å²) in [4.78, 5) is 1.36. The molecule has 0 atom stereocenters. The van der Waals surface area contributed by atoms with Gasteiger partial charge in [0, 0.05) is 28.1 Å². The molecule has 5 heteroatoms. The maximum Gasteiger partial charge on any atom is 0.192 e. The van der Waals surface area contributed by atoms with Crippen LogP contribution in [0.15, 0.2) is 47.5 Å². The van der Waals surface area contributed by atoms with E-state index in [1.807, 2.05) is 6.08 Å². The molecule has 0 amide bonds. The highest BCUT2D eigenvalue weighted by molar-refractivity contribution is 7.98. The van der Waals surface area contributed by atoms with E-state index in [0.717, 1.165) is 29.7 Å². The number of rotatable bonds is 7. The van der Waals surface area contributed by atoms with E-state index in [1.165, 1.54) is 27.1 Å². The molecule has 1 aromatic carbocycles. The molecular formula is C20H23N3S2. The fraction of sp³-hybridized carbons (Fsp3) is 0.300. The van der Waals surface area contributed by atoms with Crippen molar-refractivity contribution in [3.05, 3.63) is 63.9 Å². The third-order valence-electron chi connectivity index (χ3n) is 4.18. The summed E-state index contributed by atoms with van der Waals surface area (Å²) in [5, 5.41) is 12.1. The Morgan fingerprint density at radius 3 is 2.84 bits per heavy atom. The second kappa shape index (κ2) is 8.02. The molecule has 0 fully saturated rings. The normalized spacial score (nSPS) is 11.0. The lowest BCUT2D eigenvalue weighted by molar-refractivity contribution is 0.730. The number of aromatic nitrogens is 3. The van der Waals surface area contributed by atoms with Crippen LogP contribution in [0.4, 0.5) is 0 Å². The van der Waals surface area contributed by atoms with Crippen LogP contribution >= 0.6 is 23.1 Å². The predicted molar refractivity (Wildman–Crippen MR) is 108 cm³/mol. The summed E-state index contributed by atoms with van der Waals surface area (Å²) < 4.78 is 2.17. The molecule has 2 heterocycles. The first-order valence-corrected chi connectivity index (χ1v) is 10.3. The first-order chi connectivity index (χ1) is 12.1. The number of aryl methyl sites for hydroxylation is 2. The van der Waals surface area contributed by atoms with E-state index >= 15 is 0 Å². The Labute approximate surface area is 157 Å². The number of hydrogen-bond acceptors (Lipinski definition) is 4. The smallest absolute Gasteiger partial charge is 0.192 e. The van der Waals surface area contributed by atoms with Crippen molar-refractivity contribution in [3.8, 4) is 11.4 Å². The number of allylic oxidation sites excluding steroid dienone is 1. The van der Waals surface area contributed by atoms with E-state index in [2.05, 4.69) is 71.8 Å². The molecule has 0 saturated heterocycles. The van der Waals surface area contributed by atoms with Crippen LogP contribution in [-0.4, -0.2) is 14.8 Å². The number of thioether (sulfide) groups is 1. The summed E-state index contributed by atoms with van der Waals surface area (Å²) in [7, 11) is 0. The molecule has 130 valence electrons. The second-order valence-electron chi connectivity index (χ2n) is 6.02. The van der Waals surface area contributed by atoms with Crippen molar-refractivity contribution in [1.82, 2.24) is 14.8 Å². The van der Waals surface area contributed by atoms with Gasteiger partial charge in [0.2, 0.25) is 0 Å². The van der Waals surface area contributed by atoms with E-state index < -0.39 is 0 Å². The Hall–Kier alpha value is -1.85. The van der Waals surface area contributed by atoms with Crippen molar-refractivity contribution < 1.29 is 0 Å². The van der Waals surface area contributed by atoms with Crippen LogP contribution in [0.5, 0.6) is 0 Å². The van der Waals surface area contributed by atoms with E-state index in [-0.39, 0.29) is 0 Å². The van der Waals surface area contributed by atoms with Gasteiger partial charge in [0.05, 0.1) is 0 Å². The summed E-state index contributed by atoms with van der Waals surface area (Å²) in [6.45, 7) is 11.1. The van der Waals surface area contributed by atoms with E-state index in [1.54, 1.807) is 23.1 Å². The van der Waals surface area contributed by atoms with Crippen molar-refractivity contribution in [1.29, 1.82) is 0 Å². The summed E-state index contributed by atoms with van der Waals surface area (Å²) in [6.07, 6.45) is 2.92. The zero-order chi connectivity index (χ0) is 17.8. The standard InChI is InChI=1S/C20H23N3S2/c1-5-10-23-19(18-13-24-15(4)17(18)6-2)21-22-20(23)25-12-16-9-7-8-14(3)11-16/h5,7-9,11,13H,1,6,10,12H2,2-4H3. The van der Waals surface area contributed by atoms with Crippen molar-refractivity contribution in [2.75, 3.05) is 0 Å². The van der Waals surface area contributed by atoms with Crippen LogP contribution < -0.4 is 0 Å². The molecule has 0 bridgehead atoms. The first kappa shape index (κ1) is 18.0. The SMILES string of the molecule is C=CCn1c(SCc2cccc(C)c2)nnc1-c1csc(C)c1CC. The Morgan fingerprint density at radius 2 is 2.12 bits per heavy atom. The lowest BCUT2D eigenvalue weighted by atomic mass is 10.1. The van der Waals surface area contributed by atoms with Gasteiger partial charge in [-0.3, -0.25) is 4.57 Å². The van der Waals surface area contributed by atoms with Crippen LogP contribution in [-0.2, 0) is 18.7 Å². The maximum atomic E-state index is 4.51. The Morgan fingerprint density at radius 1 is 1.28 bits per heavy atom. The quantitative estimate of drug-likeness (QED) is 0.397. The zero-order valence-electron chi connectivity index (χ0n) is 15.0. The highest BCUT2D eigenvalue weighted by atomic mass is 32.2. The minimum absolute atomic E-state index is 0.719. The zero-order valence-corrected chi connectivity index (χ0v) is 16.6.